The molecule has 0 spiro atoms. The highest BCUT2D eigenvalue weighted by Gasteiger charge is 2.17. The Morgan fingerprint density at radius 3 is 2.27 bits per heavy atom. The van der Waals surface area contributed by atoms with Crippen LogP contribution in [0.3, 0.4) is 0 Å². The maximum absolute atomic E-state index is 6.04. The van der Waals surface area contributed by atoms with E-state index in [1.54, 1.807) is 0 Å². The van der Waals surface area contributed by atoms with Gasteiger partial charge in [-0.3, -0.25) is 0 Å². The van der Waals surface area contributed by atoms with E-state index in [4.69, 9.17) is 23.2 Å². The van der Waals surface area contributed by atoms with Crippen molar-refractivity contribution in [3.05, 3.63) is 34.9 Å². The Bertz CT molecular complexity index is 279. The summed E-state index contributed by atoms with van der Waals surface area (Å²) in [5.74, 6) is 1.76. The second-order valence-electron chi connectivity index (χ2n) is 4.08. The molecule has 0 saturated carbocycles. The fourth-order valence-electron chi connectivity index (χ4n) is 1.94. The minimum absolute atomic E-state index is 0.448. The molecule has 0 bridgehead atoms. The van der Waals surface area contributed by atoms with E-state index in [0.29, 0.717) is 17.7 Å². The molecule has 1 aromatic rings. The predicted molar refractivity (Wildman–Crippen MR) is 69.0 cm³/mol. The van der Waals surface area contributed by atoms with Crippen molar-refractivity contribution in [2.45, 2.75) is 32.6 Å². The van der Waals surface area contributed by atoms with Gasteiger partial charge >= 0.3 is 0 Å². The third-order valence-electron chi connectivity index (χ3n) is 2.90. The van der Waals surface area contributed by atoms with E-state index in [1.165, 1.54) is 18.4 Å². The van der Waals surface area contributed by atoms with E-state index in [2.05, 4.69) is 26.0 Å². The summed E-state index contributed by atoms with van der Waals surface area (Å²) in [6, 6.07) is 8.05. The molecule has 84 valence electrons. The fraction of sp³-hybridized carbons (Fsp3) is 0.538. The molecule has 2 atom stereocenters. The van der Waals surface area contributed by atoms with Gasteiger partial charge in [-0.15, -0.1) is 11.6 Å². The standard InChI is InChI=1S/C13H18Cl2/c1-3-4-10(2)13(9-14)11-5-7-12(15)8-6-11/h5-8,10,13H,3-4,9H2,1-2H3. The highest BCUT2D eigenvalue weighted by Crippen LogP contribution is 2.29. The van der Waals surface area contributed by atoms with Crippen molar-refractivity contribution in [1.82, 2.24) is 0 Å². The third kappa shape index (κ3) is 3.70. The molecule has 0 aromatic heterocycles. The highest BCUT2D eigenvalue weighted by molar-refractivity contribution is 6.30. The molecular formula is C13H18Cl2. The molecule has 0 N–H and O–H groups in total. The van der Waals surface area contributed by atoms with E-state index < -0.39 is 0 Å². The second kappa shape index (κ2) is 6.40. The Morgan fingerprint density at radius 2 is 1.80 bits per heavy atom. The topological polar surface area (TPSA) is 0 Å². The SMILES string of the molecule is CCCC(C)C(CCl)c1ccc(Cl)cc1. The van der Waals surface area contributed by atoms with Crippen LogP contribution in [0.15, 0.2) is 24.3 Å². The van der Waals surface area contributed by atoms with Gasteiger partial charge in [-0.25, -0.2) is 0 Å². The average molecular weight is 245 g/mol. The molecule has 0 fully saturated rings. The van der Waals surface area contributed by atoms with E-state index in [1.807, 2.05) is 12.1 Å². The third-order valence-corrected chi connectivity index (χ3v) is 3.48. The molecule has 0 radical (unpaired) electrons. The molecule has 0 amide bonds. The van der Waals surface area contributed by atoms with Gasteiger partial charge in [0.25, 0.3) is 0 Å². The summed E-state index contributed by atoms with van der Waals surface area (Å²) in [7, 11) is 0. The molecule has 0 heterocycles. The monoisotopic (exact) mass is 244 g/mol. The summed E-state index contributed by atoms with van der Waals surface area (Å²) >= 11 is 11.9. The van der Waals surface area contributed by atoms with Crippen molar-refractivity contribution < 1.29 is 0 Å². The largest absolute Gasteiger partial charge is 0.126 e. The Morgan fingerprint density at radius 1 is 1.20 bits per heavy atom. The molecule has 2 heteroatoms. The van der Waals surface area contributed by atoms with Gasteiger partial charge in [0, 0.05) is 10.9 Å². The minimum atomic E-state index is 0.448. The molecule has 15 heavy (non-hydrogen) atoms. The van der Waals surface area contributed by atoms with E-state index in [9.17, 15) is 0 Å². The molecule has 1 rings (SSSR count). The Hall–Kier alpha value is -0.200. The van der Waals surface area contributed by atoms with Gasteiger partial charge in [-0.2, -0.15) is 0 Å². The van der Waals surface area contributed by atoms with Crippen LogP contribution in [0.4, 0.5) is 0 Å². The molecule has 2 unspecified atom stereocenters. The molecule has 1 aromatic carbocycles. The van der Waals surface area contributed by atoms with Gasteiger partial charge in [0.05, 0.1) is 0 Å². The van der Waals surface area contributed by atoms with E-state index in [0.717, 1.165) is 5.02 Å². The van der Waals surface area contributed by atoms with Crippen LogP contribution in [0, 0.1) is 5.92 Å². The summed E-state index contributed by atoms with van der Waals surface area (Å²) in [6.07, 6.45) is 2.43. The zero-order chi connectivity index (χ0) is 11.3. The number of benzene rings is 1. The lowest BCUT2D eigenvalue weighted by Gasteiger charge is -2.21. The van der Waals surface area contributed by atoms with Crippen LogP contribution >= 0.6 is 23.2 Å². The van der Waals surface area contributed by atoms with E-state index >= 15 is 0 Å². The summed E-state index contributed by atoms with van der Waals surface area (Å²) in [6.45, 7) is 4.48. The smallest absolute Gasteiger partial charge is 0.0406 e. The zero-order valence-corrected chi connectivity index (χ0v) is 10.9. The van der Waals surface area contributed by atoms with Crippen LogP contribution in [0.2, 0.25) is 5.02 Å². The number of hydrogen-bond acceptors (Lipinski definition) is 0. The average Bonchev–Trinajstić information content (AvgIpc) is 2.22. The quantitative estimate of drug-likeness (QED) is 0.633. The van der Waals surface area contributed by atoms with Crippen molar-refractivity contribution in [3.8, 4) is 0 Å². The molecule has 0 nitrogen and oxygen atoms in total. The van der Waals surface area contributed by atoms with Crippen LogP contribution in [0.25, 0.3) is 0 Å². The number of hydrogen-bond donors (Lipinski definition) is 0. The second-order valence-corrected chi connectivity index (χ2v) is 4.82. The van der Waals surface area contributed by atoms with E-state index in [-0.39, 0.29) is 0 Å². The molecule has 0 aliphatic carbocycles. The minimum Gasteiger partial charge on any atom is -0.126 e. The van der Waals surface area contributed by atoms with Gasteiger partial charge < -0.3 is 0 Å². The van der Waals surface area contributed by atoms with Gasteiger partial charge in [0.15, 0.2) is 0 Å². The van der Waals surface area contributed by atoms with Gasteiger partial charge in [0.2, 0.25) is 0 Å². The molecule has 0 aliphatic heterocycles. The summed E-state index contributed by atoms with van der Waals surface area (Å²) < 4.78 is 0. The van der Waals surface area contributed by atoms with Gasteiger partial charge in [-0.05, 0) is 29.5 Å². The van der Waals surface area contributed by atoms with Crippen molar-refractivity contribution in [2.24, 2.45) is 5.92 Å². The van der Waals surface area contributed by atoms with Gasteiger partial charge in [-0.1, -0.05) is 50.4 Å². The fourth-order valence-corrected chi connectivity index (χ4v) is 2.54. The predicted octanol–water partition coefficient (Wildman–Crippen LogP) is 5.10. The summed E-state index contributed by atoms with van der Waals surface area (Å²) in [5.41, 5.74) is 1.30. The summed E-state index contributed by atoms with van der Waals surface area (Å²) in [5, 5.41) is 0.787. The van der Waals surface area contributed by atoms with Crippen LogP contribution in [-0.2, 0) is 0 Å². The maximum atomic E-state index is 6.04. The first kappa shape index (κ1) is 12.9. The van der Waals surface area contributed by atoms with Crippen molar-refractivity contribution in [3.63, 3.8) is 0 Å². The van der Waals surface area contributed by atoms with Crippen LogP contribution < -0.4 is 0 Å². The maximum Gasteiger partial charge on any atom is 0.0406 e. The summed E-state index contributed by atoms with van der Waals surface area (Å²) in [4.78, 5) is 0. The van der Waals surface area contributed by atoms with Gasteiger partial charge in [0.1, 0.15) is 0 Å². The van der Waals surface area contributed by atoms with Crippen molar-refractivity contribution in [1.29, 1.82) is 0 Å². The molecule has 0 aliphatic rings. The highest BCUT2D eigenvalue weighted by atomic mass is 35.5. The Balaban J connectivity index is 2.77. The lowest BCUT2D eigenvalue weighted by molar-refractivity contribution is 0.451. The normalized spacial score (nSPS) is 14.9. The first-order valence-electron chi connectivity index (χ1n) is 5.50. The lowest BCUT2D eigenvalue weighted by Crippen LogP contribution is -2.11. The van der Waals surface area contributed by atoms with Crippen LogP contribution in [0.1, 0.15) is 38.2 Å². The Kier molecular flexibility index (Phi) is 5.49. The first-order valence-corrected chi connectivity index (χ1v) is 6.41. The van der Waals surface area contributed by atoms with Crippen LogP contribution in [0.5, 0.6) is 0 Å². The van der Waals surface area contributed by atoms with Crippen molar-refractivity contribution >= 4 is 23.2 Å². The van der Waals surface area contributed by atoms with Crippen LogP contribution in [-0.4, -0.2) is 5.88 Å². The zero-order valence-electron chi connectivity index (χ0n) is 9.34. The lowest BCUT2D eigenvalue weighted by atomic mass is 9.86. The first-order chi connectivity index (χ1) is 7.19. The number of rotatable bonds is 5. The number of alkyl halides is 1. The molecule has 0 saturated heterocycles. The van der Waals surface area contributed by atoms with Crippen molar-refractivity contribution in [2.75, 3.05) is 5.88 Å². The number of halogens is 2. The molecular weight excluding hydrogens is 227 g/mol. The Labute approximate surface area is 103 Å².